The highest BCUT2D eigenvalue weighted by atomic mass is 19.1. The van der Waals surface area contributed by atoms with E-state index in [-0.39, 0.29) is 5.82 Å². The van der Waals surface area contributed by atoms with Crippen molar-refractivity contribution >= 4 is 0 Å². The Labute approximate surface area is 84.3 Å². The lowest BCUT2D eigenvalue weighted by Gasteiger charge is -2.11. The Kier molecular flexibility index (Phi) is 2.55. The monoisotopic (exact) mass is 193 g/mol. The van der Waals surface area contributed by atoms with Crippen LogP contribution in [0.3, 0.4) is 0 Å². The van der Waals surface area contributed by atoms with Crippen LogP contribution >= 0.6 is 0 Å². The second kappa shape index (κ2) is 3.70. The highest BCUT2D eigenvalue weighted by Crippen LogP contribution is 2.27. The minimum Gasteiger partial charge on any atom is -0.310 e. The first kappa shape index (κ1) is 9.66. The maximum absolute atomic E-state index is 13.2. The van der Waals surface area contributed by atoms with E-state index in [4.69, 9.17) is 0 Å². The molecular formula is C12H16FN. The van der Waals surface area contributed by atoms with Gasteiger partial charge in [-0.1, -0.05) is 13.0 Å². The predicted octanol–water partition coefficient (Wildman–Crippen LogP) is 2.80. The summed E-state index contributed by atoms with van der Waals surface area (Å²) in [7, 11) is 0. The first-order valence-corrected chi connectivity index (χ1v) is 5.15. The van der Waals surface area contributed by atoms with Gasteiger partial charge in [0.2, 0.25) is 0 Å². The van der Waals surface area contributed by atoms with Crippen molar-refractivity contribution in [2.45, 2.75) is 26.3 Å². The van der Waals surface area contributed by atoms with Crippen LogP contribution in [0.4, 0.5) is 4.39 Å². The molecule has 0 radical (unpaired) electrons. The molecule has 0 spiro atoms. The molecule has 0 saturated carbocycles. The van der Waals surface area contributed by atoms with Crippen molar-refractivity contribution in [1.29, 1.82) is 0 Å². The van der Waals surface area contributed by atoms with Crippen molar-refractivity contribution in [3.05, 3.63) is 35.1 Å². The summed E-state index contributed by atoms with van der Waals surface area (Å²) in [6, 6.07) is 5.63. The van der Waals surface area contributed by atoms with Gasteiger partial charge in [0.1, 0.15) is 5.82 Å². The second-order valence-electron chi connectivity index (χ2n) is 4.36. The first-order valence-electron chi connectivity index (χ1n) is 5.15. The third-order valence-corrected chi connectivity index (χ3v) is 2.82. The molecule has 1 heterocycles. The molecule has 2 atom stereocenters. The fourth-order valence-corrected chi connectivity index (χ4v) is 2.13. The van der Waals surface area contributed by atoms with Crippen LogP contribution in [0.15, 0.2) is 18.2 Å². The van der Waals surface area contributed by atoms with E-state index in [0.29, 0.717) is 12.0 Å². The maximum Gasteiger partial charge on any atom is 0.123 e. The lowest BCUT2D eigenvalue weighted by Crippen LogP contribution is -2.13. The Balaban J connectivity index is 2.23. The third kappa shape index (κ3) is 1.95. The van der Waals surface area contributed by atoms with E-state index >= 15 is 0 Å². The largest absolute Gasteiger partial charge is 0.310 e. The van der Waals surface area contributed by atoms with Gasteiger partial charge in [0.15, 0.2) is 0 Å². The molecule has 1 aliphatic rings. The number of benzene rings is 1. The van der Waals surface area contributed by atoms with Crippen molar-refractivity contribution in [2.75, 3.05) is 6.54 Å². The van der Waals surface area contributed by atoms with E-state index in [2.05, 4.69) is 18.3 Å². The fraction of sp³-hybridized carbons (Fsp3) is 0.500. The molecule has 1 aromatic carbocycles. The van der Waals surface area contributed by atoms with Crippen LogP contribution in [0.1, 0.15) is 30.5 Å². The van der Waals surface area contributed by atoms with Crippen LogP contribution in [0.25, 0.3) is 0 Å². The number of halogens is 1. The summed E-state index contributed by atoms with van der Waals surface area (Å²) < 4.78 is 13.2. The molecule has 0 bridgehead atoms. The average Bonchev–Trinajstić information content (AvgIpc) is 2.50. The Morgan fingerprint density at radius 3 is 2.71 bits per heavy atom. The standard InChI is InChI=1S/C12H16FN/c1-8-3-10(6-11(13)4-8)12-5-9(2)7-14-12/h3-4,6,9,12,14H,5,7H2,1-2H3. The molecule has 1 aliphatic heterocycles. The van der Waals surface area contributed by atoms with E-state index < -0.39 is 0 Å². The molecule has 0 aliphatic carbocycles. The van der Waals surface area contributed by atoms with Gasteiger partial charge >= 0.3 is 0 Å². The second-order valence-corrected chi connectivity index (χ2v) is 4.36. The summed E-state index contributed by atoms with van der Waals surface area (Å²) >= 11 is 0. The number of rotatable bonds is 1. The average molecular weight is 193 g/mol. The van der Waals surface area contributed by atoms with Crippen LogP contribution in [0.2, 0.25) is 0 Å². The van der Waals surface area contributed by atoms with E-state index in [9.17, 15) is 4.39 Å². The Hall–Kier alpha value is -0.890. The first-order chi connectivity index (χ1) is 6.65. The lowest BCUT2D eigenvalue weighted by molar-refractivity contribution is 0.593. The summed E-state index contributed by atoms with van der Waals surface area (Å²) in [6.07, 6.45) is 1.11. The molecule has 0 amide bonds. The van der Waals surface area contributed by atoms with Crippen LogP contribution in [-0.4, -0.2) is 6.54 Å². The van der Waals surface area contributed by atoms with Crippen molar-refractivity contribution < 1.29 is 4.39 Å². The molecular weight excluding hydrogens is 177 g/mol. The number of nitrogens with one attached hydrogen (secondary N) is 1. The summed E-state index contributed by atoms with van der Waals surface area (Å²) in [5.74, 6) is 0.574. The van der Waals surface area contributed by atoms with Crippen LogP contribution in [0.5, 0.6) is 0 Å². The van der Waals surface area contributed by atoms with Crippen LogP contribution in [-0.2, 0) is 0 Å². The summed E-state index contributed by atoms with van der Waals surface area (Å²) in [5.41, 5.74) is 2.09. The lowest BCUT2D eigenvalue weighted by atomic mass is 10.00. The van der Waals surface area contributed by atoms with Gasteiger partial charge in [0, 0.05) is 6.04 Å². The highest BCUT2D eigenvalue weighted by Gasteiger charge is 2.22. The van der Waals surface area contributed by atoms with Gasteiger partial charge in [-0.3, -0.25) is 0 Å². The van der Waals surface area contributed by atoms with E-state index in [1.165, 1.54) is 0 Å². The van der Waals surface area contributed by atoms with Gasteiger partial charge in [-0.15, -0.1) is 0 Å². The highest BCUT2D eigenvalue weighted by molar-refractivity contribution is 5.26. The number of hydrogen-bond donors (Lipinski definition) is 1. The smallest absolute Gasteiger partial charge is 0.123 e. The Morgan fingerprint density at radius 1 is 1.36 bits per heavy atom. The molecule has 76 valence electrons. The molecule has 0 aromatic heterocycles. The van der Waals surface area contributed by atoms with Crippen LogP contribution < -0.4 is 5.32 Å². The summed E-state index contributed by atoms with van der Waals surface area (Å²) in [5, 5.41) is 3.41. The van der Waals surface area contributed by atoms with Gasteiger partial charge in [-0.2, -0.15) is 0 Å². The zero-order chi connectivity index (χ0) is 10.1. The maximum atomic E-state index is 13.2. The predicted molar refractivity (Wildman–Crippen MR) is 55.7 cm³/mol. The van der Waals surface area contributed by atoms with Crippen molar-refractivity contribution in [3.63, 3.8) is 0 Å². The van der Waals surface area contributed by atoms with Gasteiger partial charge < -0.3 is 5.32 Å². The third-order valence-electron chi connectivity index (χ3n) is 2.82. The zero-order valence-electron chi connectivity index (χ0n) is 8.68. The van der Waals surface area contributed by atoms with Gasteiger partial charge in [0.25, 0.3) is 0 Å². The Morgan fingerprint density at radius 2 is 2.14 bits per heavy atom. The van der Waals surface area contributed by atoms with Gasteiger partial charge in [-0.25, -0.2) is 4.39 Å². The molecule has 1 N–H and O–H groups in total. The van der Waals surface area contributed by atoms with Crippen molar-refractivity contribution in [3.8, 4) is 0 Å². The summed E-state index contributed by atoms with van der Waals surface area (Å²) in [6.45, 7) is 5.20. The normalized spacial score (nSPS) is 26.8. The molecule has 2 heteroatoms. The summed E-state index contributed by atoms with van der Waals surface area (Å²) in [4.78, 5) is 0. The molecule has 14 heavy (non-hydrogen) atoms. The molecule has 2 unspecified atom stereocenters. The molecule has 1 saturated heterocycles. The molecule has 2 rings (SSSR count). The van der Waals surface area contributed by atoms with Crippen molar-refractivity contribution in [1.82, 2.24) is 5.32 Å². The fourth-order valence-electron chi connectivity index (χ4n) is 2.13. The SMILES string of the molecule is Cc1cc(F)cc(C2CC(C)CN2)c1. The van der Waals surface area contributed by atoms with Crippen LogP contribution in [0, 0.1) is 18.7 Å². The minimum atomic E-state index is -0.124. The molecule has 1 nitrogen and oxygen atoms in total. The topological polar surface area (TPSA) is 12.0 Å². The molecule has 1 aromatic rings. The quantitative estimate of drug-likeness (QED) is 0.723. The van der Waals surface area contributed by atoms with E-state index in [1.807, 2.05) is 6.92 Å². The number of hydrogen-bond acceptors (Lipinski definition) is 1. The van der Waals surface area contributed by atoms with E-state index in [1.54, 1.807) is 12.1 Å². The Bertz CT molecular complexity index is 315. The van der Waals surface area contributed by atoms with Crippen molar-refractivity contribution in [2.24, 2.45) is 5.92 Å². The van der Waals surface area contributed by atoms with Gasteiger partial charge in [0.05, 0.1) is 0 Å². The van der Waals surface area contributed by atoms with Gasteiger partial charge in [-0.05, 0) is 49.1 Å². The zero-order valence-corrected chi connectivity index (χ0v) is 8.68. The molecule has 1 fully saturated rings. The minimum absolute atomic E-state index is 0.124. The number of aryl methyl sites for hydroxylation is 1. The van der Waals surface area contributed by atoms with E-state index in [0.717, 1.165) is 24.1 Å².